The monoisotopic (exact) mass is 423 g/mol. The number of aliphatic hydroxyl groups is 2. The quantitative estimate of drug-likeness (QED) is 0.585. The third kappa shape index (κ3) is 2.75. The Kier molecular flexibility index (Phi) is 4.35. The molecule has 0 aliphatic carbocycles. The maximum Gasteiger partial charge on any atom is 0.168 e. The van der Waals surface area contributed by atoms with Crippen molar-refractivity contribution >= 4 is 32.9 Å². The maximum absolute atomic E-state index is 14.0. The maximum atomic E-state index is 14.0. The van der Waals surface area contributed by atoms with Crippen LogP contribution in [-0.4, -0.2) is 48.5 Å². The first-order valence-corrected chi connectivity index (χ1v) is 8.67. The predicted molar refractivity (Wildman–Crippen MR) is 94.4 cm³/mol. The second-order valence-electron chi connectivity index (χ2n) is 5.98. The van der Waals surface area contributed by atoms with Crippen molar-refractivity contribution in [3.05, 3.63) is 34.8 Å². The molecule has 3 heterocycles. The molecule has 3 aromatic rings. The molecule has 26 heavy (non-hydrogen) atoms. The van der Waals surface area contributed by atoms with Crippen LogP contribution in [0.3, 0.4) is 0 Å². The highest BCUT2D eigenvalue weighted by Crippen LogP contribution is 2.36. The molecule has 2 aromatic heterocycles. The molecule has 10 heteroatoms. The summed E-state index contributed by atoms with van der Waals surface area (Å²) in [6.45, 7) is -0.316. The van der Waals surface area contributed by atoms with Gasteiger partial charge in [0, 0.05) is 12.0 Å². The molecule has 0 bridgehead atoms. The highest BCUT2D eigenvalue weighted by Gasteiger charge is 2.37. The summed E-state index contributed by atoms with van der Waals surface area (Å²) >= 11 is 3.13. The van der Waals surface area contributed by atoms with Gasteiger partial charge in [-0.1, -0.05) is 0 Å². The predicted octanol–water partition coefficient (Wildman–Crippen LogP) is 1.62. The van der Waals surface area contributed by atoms with Crippen molar-refractivity contribution in [2.45, 2.75) is 24.9 Å². The molecular weight excluding hydrogens is 409 g/mol. The number of nitrogen functional groups attached to an aromatic ring is 1. The van der Waals surface area contributed by atoms with Crippen LogP contribution in [0.15, 0.2) is 29.0 Å². The van der Waals surface area contributed by atoms with E-state index in [0.717, 1.165) is 0 Å². The molecule has 1 saturated heterocycles. The summed E-state index contributed by atoms with van der Waals surface area (Å²) in [5, 5.41) is 19.4. The van der Waals surface area contributed by atoms with E-state index in [0.29, 0.717) is 27.0 Å². The van der Waals surface area contributed by atoms with Crippen LogP contribution in [0.25, 0.3) is 22.6 Å². The number of nitrogens with two attached hydrogens (primary N) is 1. The van der Waals surface area contributed by atoms with E-state index in [2.05, 4.69) is 30.9 Å². The second-order valence-corrected chi connectivity index (χ2v) is 6.83. The first kappa shape index (κ1) is 17.3. The minimum atomic E-state index is -0.837. The molecule has 0 radical (unpaired) electrons. The van der Waals surface area contributed by atoms with Gasteiger partial charge in [0.15, 0.2) is 17.0 Å². The van der Waals surface area contributed by atoms with Crippen molar-refractivity contribution in [1.82, 2.24) is 19.5 Å². The second kappa shape index (κ2) is 6.54. The highest BCUT2D eigenvalue weighted by molar-refractivity contribution is 9.10. The summed E-state index contributed by atoms with van der Waals surface area (Å²) in [6.07, 6.45) is -0.658. The van der Waals surface area contributed by atoms with Crippen molar-refractivity contribution in [2.75, 3.05) is 12.3 Å². The summed E-state index contributed by atoms with van der Waals surface area (Å²) in [5.74, 6) is 0.125. The van der Waals surface area contributed by atoms with Gasteiger partial charge in [0.05, 0.1) is 17.2 Å². The van der Waals surface area contributed by atoms with Gasteiger partial charge in [0.2, 0.25) is 0 Å². The molecular formula is C16H15BrFN5O3. The first-order valence-electron chi connectivity index (χ1n) is 7.87. The molecule has 0 amide bonds. The average molecular weight is 424 g/mol. The molecule has 0 unspecified atom stereocenters. The molecule has 8 nitrogen and oxygen atoms in total. The Bertz CT molecular complexity index is 982. The van der Waals surface area contributed by atoms with Crippen molar-refractivity contribution in [2.24, 2.45) is 0 Å². The Labute approximate surface area is 155 Å². The fourth-order valence-corrected chi connectivity index (χ4v) is 3.32. The van der Waals surface area contributed by atoms with Gasteiger partial charge >= 0.3 is 0 Å². The SMILES string of the molecule is Nc1ncnc2c1nc(-c1ccc(Br)c(F)c1)n2[C@H]1C[C@H](O)[C@@H](CO)O1. The number of hydrogen-bond donors (Lipinski definition) is 3. The Hall–Kier alpha value is -2.14. The van der Waals surface area contributed by atoms with E-state index in [9.17, 15) is 14.6 Å². The zero-order chi connectivity index (χ0) is 18.4. The standard InChI is InChI=1S/C16H15BrFN5O3/c17-8-2-1-7(3-9(8)18)15-22-13-14(19)20-6-21-16(13)23(15)12-4-10(25)11(5-24)26-12/h1-3,6,10-12,24-25H,4-5H2,(H2,19,20,21)/t10-,11+,12+/m0/s1. The third-order valence-electron chi connectivity index (χ3n) is 4.36. The normalized spacial score (nSPS) is 23.0. The van der Waals surface area contributed by atoms with Crippen LogP contribution in [0.1, 0.15) is 12.6 Å². The molecule has 1 fully saturated rings. The number of nitrogens with zero attached hydrogens (tertiary/aromatic N) is 4. The third-order valence-corrected chi connectivity index (χ3v) is 5.00. The summed E-state index contributed by atoms with van der Waals surface area (Å²) in [7, 11) is 0. The fraction of sp³-hybridized carbons (Fsp3) is 0.312. The number of anilines is 1. The smallest absolute Gasteiger partial charge is 0.168 e. The largest absolute Gasteiger partial charge is 0.394 e. The fourth-order valence-electron chi connectivity index (χ4n) is 3.08. The zero-order valence-corrected chi connectivity index (χ0v) is 15.0. The molecule has 0 spiro atoms. The van der Waals surface area contributed by atoms with Gasteiger partial charge < -0.3 is 20.7 Å². The number of rotatable bonds is 3. The van der Waals surface area contributed by atoms with E-state index in [1.54, 1.807) is 16.7 Å². The zero-order valence-electron chi connectivity index (χ0n) is 13.4. The number of hydrogen-bond acceptors (Lipinski definition) is 7. The topological polar surface area (TPSA) is 119 Å². The molecule has 1 aliphatic rings. The Balaban J connectivity index is 1.92. The van der Waals surface area contributed by atoms with Crippen LogP contribution in [0.5, 0.6) is 0 Å². The Morgan fingerprint density at radius 1 is 1.38 bits per heavy atom. The lowest BCUT2D eigenvalue weighted by atomic mass is 10.2. The van der Waals surface area contributed by atoms with E-state index in [1.807, 2.05) is 0 Å². The summed E-state index contributed by atoms with van der Waals surface area (Å²) in [6, 6.07) is 4.61. The molecule has 3 atom stereocenters. The highest BCUT2D eigenvalue weighted by atomic mass is 79.9. The molecule has 4 N–H and O–H groups in total. The van der Waals surface area contributed by atoms with E-state index in [-0.39, 0.29) is 18.8 Å². The Morgan fingerprint density at radius 2 is 2.19 bits per heavy atom. The number of imidazole rings is 1. The number of aliphatic hydroxyl groups excluding tert-OH is 2. The number of ether oxygens (including phenoxy) is 1. The van der Waals surface area contributed by atoms with Gasteiger partial charge in [0.1, 0.15) is 30.3 Å². The molecule has 1 aliphatic heterocycles. The van der Waals surface area contributed by atoms with Gasteiger partial charge in [-0.25, -0.2) is 19.3 Å². The lowest BCUT2D eigenvalue weighted by Crippen LogP contribution is -2.24. The van der Waals surface area contributed by atoms with Crippen LogP contribution in [0.4, 0.5) is 10.2 Å². The average Bonchev–Trinajstić information content (AvgIpc) is 3.18. The number of aromatic nitrogens is 4. The molecule has 1 aromatic carbocycles. The van der Waals surface area contributed by atoms with Gasteiger partial charge in [-0.2, -0.15) is 0 Å². The summed E-state index contributed by atoms with van der Waals surface area (Å²) in [4.78, 5) is 12.7. The summed E-state index contributed by atoms with van der Waals surface area (Å²) < 4.78 is 21.8. The van der Waals surface area contributed by atoms with Crippen LogP contribution < -0.4 is 5.73 Å². The number of benzene rings is 1. The van der Waals surface area contributed by atoms with Gasteiger partial charge in [0.25, 0.3) is 0 Å². The molecule has 0 saturated carbocycles. The van der Waals surface area contributed by atoms with Gasteiger partial charge in [-0.15, -0.1) is 0 Å². The van der Waals surface area contributed by atoms with Gasteiger partial charge in [-0.3, -0.25) is 4.57 Å². The van der Waals surface area contributed by atoms with E-state index < -0.39 is 24.3 Å². The molecule has 4 rings (SSSR count). The van der Waals surface area contributed by atoms with Crippen LogP contribution in [-0.2, 0) is 4.74 Å². The van der Waals surface area contributed by atoms with Crippen molar-refractivity contribution < 1.29 is 19.3 Å². The van der Waals surface area contributed by atoms with Gasteiger partial charge in [-0.05, 0) is 34.1 Å². The van der Waals surface area contributed by atoms with E-state index >= 15 is 0 Å². The molecule has 136 valence electrons. The number of halogens is 2. The van der Waals surface area contributed by atoms with Crippen molar-refractivity contribution in [3.8, 4) is 11.4 Å². The summed E-state index contributed by atoms with van der Waals surface area (Å²) in [5.41, 5.74) is 7.17. The lowest BCUT2D eigenvalue weighted by molar-refractivity contribution is -0.0426. The van der Waals surface area contributed by atoms with Crippen molar-refractivity contribution in [1.29, 1.82) is 0 Å². The Morgan fingerprint density at radius 3 is 2.88 bits per heavy atom. The van der Waals surface area contributed by atoms with Crippen molar-refractivity contribution in [3.63, 3.8) is 0 Å². The van der Waals surface area contributed by atoms with Crippen LogP contribution in [0, 0.1) is 5.82 Å². The van der Waals surface area contributed by atoms with E-state index in [1.165, 1.54) is 12.4 Å². The lowest BCUT2D eigenvalue weighted by Gasteiger charge is -2.17. The van der Waals surface area contributed by atoms with E-state index in [4.69, 9.17) is 10.5 Å². The van der Waals surface area contributed by atoms with Crippen LogP contribution in [0.2, 0.25) is 0 Å². The van der Waals surface area contributed by atoms with Crippen LogP contribution >= 0.6 is 15.9 Å². The first-order chi connectivity index (χ1) is 12.5. The minimum Gasteiger partial charge on any atom is -0.394 e. The number of fused-ring (bicyclic) bond motifs is 1. The minimum absolute atomic E-state index is 0.185.